The van der Waals surface area contributed by atoms with Gasteiger partial charge in [0.2, 0.25) is 0 Å². The molecule has 1 N–H and O–H groups in total. The fraction of sp³-hybridized carbons (Fsp3) is 0.500. The molecule has 1 fully saturated rings. The molecule has 0 bridgehead atoms. The van der Waals surface area contributed by atoms with E-state index in [1.54, 1.807) is 0 Å². The van der Waals surface area contributed by atoms with Crippen molar-refractivity contribution in [2.45, 2.75) is 25.8 Å². The first kappa shape index (κ1) is 11.9. The van der Waals surface area contributed by atoms with E-state index in [1.165, 1.54) is 0 Å². The number of rotatable bonds is 2. The number of nitriles is 1. The van der Waals surface area contributed by atoms with Crippen molar-refractivity contribution in [2.75, 3.05) is 18.1 Å². The lowest BCUT2D eigenvalue weighted by molar-refractivity contribution is 0.189. The van der Waals surface area contributed by atoms with E-state index in [1.807, 2.05) is 24.3 Å². The van der Waals surface area contributed by atoms with Crippen molar-refractivity contribution in [3.63, 3.8) is 0 Å². The van der Waals surface area contributed by atoms with Gasteiger partial charge in [-0.1, -0.05) is 12.1 Å². The number of anilines is 1. The maximum Gasteiger partial charge on any atom is 0.101 e. The summed E-state index contributed by atoms with van der Waals surface area (Å²) in [5.74, 6) is 0.272. The van der Waals surface area contributed by atoms with Gasteiger partial charge < -0.3 is 10.0 Å². The predicted octanol–water partition coefficient (Wildman–Crippen LogP) is 2.16. The second-order valence-electron chi connectivity index (χ2n) is 5.10. The van der Waals surface area contributed by atoms with Gasteiger partial charge in [0.15, 0.2) is 0 Å². The van der Waals surface area contributed by atoms with Gasteiger partial charge in [0, 0.05) is 24.6 Å². The van der Waals surface area contributed by atoms with Crippen LogP contribution in [0.3, 0.4) is 0 Å². The molecule has 0 spiro atoms. The van der Waals surface area contributed by atoms with Crippen molar-refractivity contribution < 1.29 is 5.11 Å². The van der Waals surface area contributed by atoms with Gasteiger partial charge in [-0.25, -0.2) is 0 Å². The molecule has 17 heavy (non-hydrogen) atoms. The summed E-state index contributed by atoms with van der Waals surface area (Å²) in [7, 11) is 0. The van der Waals surface area contributed by atoms with Crippen molar-refractivity contribution in [2.24, 2.45) is 5.92 Å². The van der Waals surface area contributed by atoms with E-state index in [0.29, 0.717) is 5.56 Å². The summed E-state index contributed by atoms with van der Waals surface area (Å²) < 4.78 is 0. The van der Waals surface area contributed by atoms with Crippen LogP contribution >= 0.6 is 0 Å². The quantitative estimate of drug-likeness (QED) is 0.847. The highest BCUT2D eigenvalue weighted by atomic mass is 16.3. The van der Waals surface area contributed by atoms with E-state index in [9.17, 15) is 5.11 Å². The fourth-order valence-corrected chi connectivity index (χ4v) is 2.70. The molecule has 0 aliphatic carbocycles. The van der Waals surface area contributed by atoms with E-state index in [-0.39, 0.29) is 18.1 Å². The number of nitrogens with zero attached hydrogens (tertiary/aromatic N) is 2. The lowest BCUT2D eigenvalue weighted by Crippen LogP contribution is -2.44. The molecule has 0 aromatic heterocycles. The van der Waals surface area contributed by atoms with Gasteiger partial charge in [0.25, 0.3) is 0 Å². The fourth-order valence-electron chi connectivity index (χ4n) is 2.70. The minimum Gasteiger partial charge on any atom is -0.396 e. The molecule has 1 saturated heterocycles. The summed E-state index contributed by atoms with van der Waals surface area (Å²) in [4.78, 5) is 2.24. The van der Waals surface area contributed by atoms with Crippen molar-refractivity contribution in [3.8, 4) is 6.07 Å². The predicted molar refractivity (Wildman–Crippen MR) is 67.8 cm³/mol. The van der Waals surface area contributed by atoms with E-state index in [0.717, 1.165) is 18.7 Å². The van der Waals surface area contributed by atoms with E-state index >= 15 is 0 Å². The Bertz CT molecular complexity index is 448. The number of aliphatic hydroxyl groups is 1. The minimum atomic E-state index is -0.0955. The molecule has 3 heteroatoms. The molecule has 2 rings (SSSR count). The van der Waals surface area contributed by atoms with Gasteiger partial charge in [0.05, 0.1) is 11.3 Å². The lowest BCUT2D eigenvalue weighted by Gasteiger charge is -2.37. The van der Waals surface area contributed by atoms with Crippen molar-refractivity contribution in [1.29, 1.82) is 5.26 Å². The Balaban J connectivity index is 2.39. The van der Waals surface area contributed by atoms with E-state index in [2.05, 4.69) is 24.8 Å². The first-order valence-electron chi connectivity index (χ1n) is 5.99. The van der Waals surface area contributed by atoms with Gasteiger partial charge in [-0.2, -0.15) is 5.26 Å². The van der Waals surface area contributed by atoms with Crippen molar-refractivity contribution in [1.82, 2.24) is 0 Å². The van der Waals surface area contributed by atoms with Crippen LogP contribution in [-0.2, 0) is 0 Å². The largest absolute Gasteiger partial charge is 0.396 e. The third kappa shape index (κ3) is 1.89. The van der Waals surface area contributed by atoms with Crippen LogP contribution in [0.25, 0.3) is 0 Å². The average Bonchev–Trinajstić information content (AvgIpc) is 2.63. The van der Waals surface area contributed by atoms with Gasteiger partial charge >= 0.3 is 0 Å². The van der Waals surface area contributed by atoms with Gasteiger partial charge in [-0.15, -0.1) is 0 Å². The van der Waals surface area contributed by atoms with Crippen LogP contribution in [0.1, 0.15) is 25.8 Å². The van der Waals surface area contributed by atoms with Crippen LogP contribution in [-0.4, -0.2) is 23.8 Å². The summed E-state index contributed by atoms with van der Waals surface area (Å²) in [5.41, 5.74) is 1.59. The van der Waals surface area contributed by atoms with Crippen LogP contribution in [0.4, 0.5) is 5.69 Å². The van der Waals surface area contributed by atoms with Gasteiger partial charge in [-0.05, 0) is 32.4 Å². The summed E-state index contributed by atoms with van der Waals surface area (Å²) >= 11 is 0. The summed E-state index contributed by atoms with van der Waals surface area (Å²) in [6.07, 6.45) is 0.975. The average molecular weight is 230 g/mol. The second kappa shape index (κ2) is 4.38. The Morgan fingerprint density at radius 1 is 1.47 bits per heavy atom. The Kier molecular flexibility index (Phi) is 3.08. The maximum absolute atomic E-state index is 9.40. The molecule has 1 aliphatic heterocycles. The SMILES string of the molecule is CC1(C)C(CO)CCN1c1ccccc1C#N. The smallest absolute Gasteiger partial charge is 0.101 e. The highest BCUT2D eigenvalue weighted by molar-refractivity contribution is 5.61. The Morgan fingerprint density at radius 2 is 2.18 bits per heavy atom. The highest BCUT2D eigenvalue weighted by Crippen LogP contribution is 2.39. The first-order valence-corrected chi connectivity index (χ1v) is 5.99. The molecule has 1 unspecified atom stereocenters. The molecule has 1 heterocycles. The molecule has 0 amide bonds. The highest BCUT2D eigenvalue weighted by Gasteiger charge is 2.41. The van der Waals surface area contributed by atoms with Crippen LogP contribution in [0.15, 0.2) is 24.3 Å². The zero-order valence-electron chi connectivity index (χ0n) is 10.3. The summed E-state index contributed by atoms with van der Waals surface area (Å²) in [5, 5.41) is 18.5. The van der Waals surface area contributed by atoms with Crippen molar-refractivity contribution >= 4 is 5.69 Å². The molecule has 1 aliphatic rings. The van der Waals surface area contributed by atoms with Gasteiger partial charge in [-0.3, -0.25) is 0 Å². The topological polar surface area (TPSA) is 47.3 Å². The molecule has 1 atom stereocenters. The monoisotopic (exact) mass is 230 g/mol. The van der Waals surface area contributed by atoms with Crippen LogP contribution < -0.4 is 4.90 Å². The molecule has 3 nitrogen and oxygen atoms in total. The molecular weight excluding hydrogens is 212 g/mol. The van der Waals surface area contributed by atoms with Crippen LogP contribution in [0.5, 0.6) is 0 Å². The Labute approximate surface area is 102 Å². The zero-order chi connectivity index (χ0) is 12.5. The normalized spacial score (nSPS) is 22.5. The number of aliphatic hydroxyl groups excluding tert-OH is 1. The number of para-hydroxylation sites is 1. The zero-order valence-corrected chi connectivity index (χ0v) is 10.3. The van der Waals surface area contributed by atoms with Crippen LogP contribution in [0.2, 0.25) is 0 Å². The maximum atomic E-state index is 9.40. The molecule has 0 saturated carbocycles. The molecule has 0 radical (unpaired) electrons. The number of benzene rings is 1. The second-order valence-corrected chi connectivity index (χ2v) is 5.10. The van der Waals surface area contributed by atoms with Gasteiger partial charge in [0.1, 0.15) is 6.07 Å². The van der Waals surface area contributed by atoms with E-state index in [4.69, 9.17) is 5.26 Å². The Morgan fingerprint density at radius 3 is 2.76 bits per heavy atom. The Hall–Kier alpha value is -1.53. The number of hydrogen-bond acceptors (Lipinski definition) is 3. The minimum absolute atomic E-state index is 0.0955. The molecule has 1 aromatic carbocycles. The van der Waals surface area contributed by atoms with Crippen molar-refractivity contribution in [3.05, 3.63) is 29.8 Å². The summed E-state index contributed by atoms with van der Waals surface area (Å²) in [6, 6.07) is 9.91. The molecule has 1 aromatic rings. The molecular formula is C14H18N2O. The summed E-state index contributed by atoms with van der Waals surface area (Å²) in [6.45, 7) is 5.37. The lowest BCUT2D eigenvalue weighted by atomic mass is 9.89. The third-order valence-corrected chi connectivity index (χ3v) is 3.93. The van der Waals surface area contributed by atoms with E-state index < -0.39 is 0 Å². The standard InChI is InChI=1S/C14H18N2O/c1-14(2)12(10-17)7-8-16(14)13-6-4-3-5-11(13)9-15/h3-6,12,17H,7-8,10H2,1-2H3. The van der Waals surface area contributed by atoms with Crippen LogP contribution in [0, 0.1) is 17.2 Å². The first-order chi connectivity index (χ1) is 8.11. The number of hydrogen-bond donors (Lipinski definition) is 1. The molecule has 90 valence electrons. The third-order valence-electron chi connectivity index (χ3n) is 3.93.